The third-order valence-electron chi connectivity index (χ3n) is 4.54. The molecule has 0 radical (unpaired) electrons. The standard InChI is InChI=1S/C17H19F3N2O3S/c1-16-7-6-14(23)22(16)13(9-26-16)15(24)21-8-11-2-4-12(5-3-11)25-10-17(18,19)20/h2-5,13H,6-10H2,1H3,(H,21,24)/t13-,16-/m1/s1. The number of fused-ring (bicyclic) bond motifs is 1. The van der Waals surface area contributed by atoms with Crippen LogP contribution in [0.4, 0.5) is 13.2 Å². The van der Waals surface area contributed by atoms with Crippen LogP contribution in [0.1, 0.15) is 25.3 Å². The van der Waals surface area contributed by atoms with E-state index in [1.54, 1.807) is 28.8 Å². The monoisotopic (exact) mass is 388 g/mol. The molecule has 3 rings (SSSR count). The molecule has 2 fully saturated rings. The highest BCUT2D eigenvalue weighted by Crippen LogP contribution is 2.47. The van der Waals surface area contributed by atoms with E-state index >= 15 is 0 Å². The van der Waals surface area contributed by atoms with Crippen LogP contribution in [0, 0.1) is 0 Å². The molecule has 2 amide bonds. The fourth-order valence-corrected chi connectivity index (χ4v) is 4.62. The molecule has 1 N–H and O–H groups in total. The molecular weight excluding hydrogens is 369 g/mol. The summed E-state index contributed by atoms with van der Waals surface area (Å²) in [4.78, 5) is 25.9. The van der Waals surface area contributed by atoms with Crippen molar-refractivity contribution in [2.75, 3.05) is 12.4 Å². The van der Waals surface area contributed by atoms with Crippen LogP contribution in [-0.2, 0) is 16.1 Å². The summed E-state index contributed by atoms with van der Waals surface area (Å²) in [6.45, 7) is 0.874. The first kappa shape index (κ1) is 18.9. The van der Waals surface area contributed by atoms with Gasteiger partial charge in [-0.1, -0.05) is 12.1 Å². The maximum atomic E-state index is 12.5. The van der Waals surface area contributed by atoms with Gasteiger partial charge in [-0.25, -0.2) is 0 Å². The van der Waals surface area contributed by atoms with Crippen LogP contribution < -0.4 is 10.1 Å². The molecule has 2 heterocycles. The quantitative estimate of drug-likeness (QED) is 0.843. The number of thioether (sulfide) groups is 1. The lowest BCUT2D eigenvalue weighted by molar-refractivity contribution is -0.153. The summed E-state index contributed by atoms with van der Waals surface area (Å²) in [5.41, 5.74) is 0.735. The van der Waals surface area contributed by atoms with Crippen molar-refractivity contribution in [2.45, 2.75) is 43.4 Å². The third kappa shape index (κ3) is 4.08. The Morgan fingerprint density at radius 1 is 1.38 bits per heavy atom. The van der Waals surface area contributed by atoms with Gasteiger partial charge in [-0.3, -0.25) is 9.59 Å². The van der Waals surface area contributed by atoms with E-state index in [1.165, 1.54) is 12.1 Å². The Morgan fingerprint density at radius 2 is 2.08 bits per heavy atom. The Kier molecular flexibility index (Phi) is 5.09. The maximum Gasteiger partial charge on any atom is 0.422 e. The van der Waals surface area contributed by atoms with Crippen LogP contribution >= 0.6 is 11.8 Å². The zero-order valence-corrected chi connectivity index (χ0v) is 15.0. The molecule has 0 aromatic heterocycles. The Hall–Kier alpha value is -1.90. The molecule has 26 heavy (non-hydrogen) atoms. The van der Waals surface area contributed by atoms with Gasteiger partial charge in [0.25, 0.3) is 0 Å². The van der Waals surface area contributed by atoms with E-state index < -0.39 is 18.8 Å². The number of alkyl halides is 3. The molecule has 9 heteroatoms. The highest BCUT2D eigenvalue weighted by molar-refractivity contribution is 8.01. The van der Waals surface area contributed by atoms with Crippen molar-refractivity contribution in [1.82, 2.24) is 10.2 Å². The Bertz CT molecular complexity index is 695. The Morgan fingerprint density at radius 3 is 2.73 bits per heavy atom. The van der Waals surface area contributed by atoms with Gasteiger partial charge in [0, 0.05) is 18.7 Å². The summed E-state index contributed by atoms with van der Waals surface area (Å²) in [6, 6.07) is 5.58. The van der Waals surface area contributed by atoms with Crippen molar-refractivity contribution in [2.24, 2.45) is 0 Å². The van der Waals surface area contributed by atoms with Crippen molar-refractivity contribution < 1.29 is 27.5 Å². The summed E-state index contributed by atoms with van der Waals surface area (Å²) >= 11 is 1.62. The summed E-state index contributed by atoms with van der Waals surface area (Å²) in [5, 5.41) is 2.80. The van der Waals surface area contributed by atoms with Gasteiger partial charge in [0.2, 0.25) is 11.8 Å². The zero-order chi connectivity index (χ0) is 18.9. The van der Waals surface area contributed by atoms with Gasteiger partial charge in [0.05, 0.1) is 4.87 Å². The van der Waals surface area contributed by atoms with Crippen molar-refractivity contribution >= 4 is 23.6 Å². The van der Waals surface area contributed by atoms with Crippen LogP contribution in [0.5, 0.6) is 5.75 Å². The number of carbonyl (C=O) groups excluding carboxylic acids is 2. The molecule has 2 aliphatic heterocycles. The lowest BCUT2D eigenvalue weighted by Gasteiger charge is -2.29. The van der Waals surface area contributed by atoms with Gasteiger partial charge in [-0.2, -0.15) is 13.2 Å². The SMILES string of the molecule is C[C@@]12CCC(=O)N1[C@@H](C(=O)NCc1ccc(OCC(F)(F)F)cc1)CS2. The normalized spacial score (nSPS) is 25.3. The lowest BCUT2D eigenvalue weighted by atomic mass is 10.2. The molecule has 1 aromatic rings. The first-order valence-electron chi connectivity index (χ1n) is 8.20. The summed E-state index contributed by atoms with van der Waals surface area (Å²) < 4.78 is 41.0. The molecule has 0 bridgehead atoms. The predicted molar refractivity (Wildman–Crippen MR) is 90.6 cm³/mol. The number of hydrogen-bond acceptors (Lipinski definition) is 4. The Labute approximate surface area is 153 Å². The van der Waals surface area contributed by atoms with Crippen molar-refractivity contribution in [3.8, 4) is 5.75 Å². The number of nitrogens with zero attached hydrogens (tertiary/aromatic N) is 1. The summed E-state index contributed by atoms with van der Waals surface area (Å²) in [7, 11) is 0. The lowest BCUT2D eigenvalue weighted by Crippen LogP contribution is -2.49. The predicted octanol–water partition coefficient (Wildman–Crippen LogP) is 2.70. The topological polar surface area (TPSA) is 58.6 Å². The average Bonchev–Trinajstić information content (AvgIpc) is 3.07. The van der Waals surface area contributed by atoms with Crippen molar-refractivity contribution in [3.05, 3.63) is 29.8 Å². The molecule has 0 aliphatic carbocycles. The minimum Gasteiger partial charge on any atom is -0.484 e. The Balaban J connectivity index is 1.53. The van der Waals surface area contributed by atoms with Gasteiger partial charge in [0.15, 0.2) is 6.61 Å². The number of ether oxygens (including phenoxy) is 1. The maximum absolute atomic E-state index is 12.5. The van der Waals surface area contributed by atoms with Crippen LogP contribution in [0.15, 0.2) is 24.3 Å². The fraction of sp³-hybridized carbons (Fsp3) is 0.529. The number of amides is 2. The molecule has 2 atom stereocenters. The minimum atomic E-state index is -4.38. The second-order valence-electron chi connectivity index (χ2n) is 6.53. The fourth-order valence-electron chi connectivity index (χ4n) is 3.19. The highest BCUT2D eigenvalue weighted by atomic mass is 32.2. The van der Waals surface area contributed by atoms with Gasteiger partial charge >= 0.3 is 6.18 Å². The molecule has 0 spiro atoms. The van der Waals surface area contributed by atoms with Crippen LogP contribution in [-0.4, -0.2) is 46.2 Å². The van der Waals surface area contributed by atoms with Gasteiger partial charge in [0.1, 0.15) is 11.8 Å². The third-order valence-corrected chi connectivity index (χ3v) is 6.05. The van der Waals surface area contributed by atoms with E-state index in [0.717, 1.165) is 12.0 Å². The van der Waals surface area contributed by atoms with E-state index in [2.05, 4.69) is 10.1 Å². The molecule has 2 aliphatic rings. The molecule has 0 unspecified atom stereocenters. The van der Waals surface area contributed by atoms with Gasteiger partial charge in [-0.05, 0) is 31.0 Å². The first-order valence-corrected chi connectivity index (χ1v) is 9.19. The van der Waals surface area contributed by atoms with Crippen molar-refractivity contribution in [3.63, 3.8) is 0 Å². The van der Waals surface area contributed by atoms with Crippen LogP contribution in [0.25, 0.3) is 0 Å². The minimum absolute atomic E-state index is 0.00353. The smallest absolute Gasteiger partial charge is 0.422 e. The molecule has 0 saturated carbocycles. The zero-order valence-electron chi connectivity index (χ0n) is 14.1. The molecule has 2 saturated heterocycles. The van der Waals surface area contributed by atoms with E-state index in [9.17, 15) is 22.8 Å². The van der Waals surface area contributed by atoms with Crippen LogP contribution in [0.2, 0.25) is 0 Å². The largest absolute Gasteiger partial charge is 0.484 e. The van der Waals surface area contributed by atoms with E-state index in [4.69, 9.17) is 0 Å². The van der Waals surface area contributed by atoms with Gasteiger partial charge in [-0.15, -0.1) is 11.8 Å². The first-order chi connectivity index (χ1) is 12.2. The second kappa shape index (κ2) is 7.02. The molecule has 1 aromatic carbocycles. The number of halogens is 3. The van der Waals surface area contributed by atoms with E-state index in [1.807, 2.05) is 6.92 Å². The summed E-state index contributed by atoms with van der Waals surface area (Å²) in [5.74, 6) is 0.471. The van der Waals surface area contributed by atoms with Crippen LogP contribution in [0.3, 0.4) is 0 Å². The number of rotatable bonds is 5. The number of nitrogens with one attached hydrogen (secondary N) is 1. The highest BCUT2D eigenvalue weighted by Gasteiger charge is 2.52. The van der Waals surface area contributed by atoms with Crippen molar-refractivity contribution in [1.29, 1.82) is 0 Å². The molecule has 142 valence electrons. The van der Waals surface area contributed by atoms with E-state index in [0.29, 0.717) is 12.2 Å². The number of benzene rings is 1. The van der Waals surface area contributed by atoms with Gasteiger partial charge < -0.3 is 15.0 Å². The number of carbonyl (C=O) groups is 2. The molecule has 5 nitrogen and oxygen atoms in total. The number of hydrogen-bond donors (Lipinski definition) is 1. The molecular formula is C17H19F3N2O3S. The summed E-state index contributed by atoms with van der Waals surface area (Å²) in [6.07, 6.45) is -3.17. The van der Waals surface area contributed by atoms with E-state index in [-0.39, 0.29) is 29.0 Å². The second-order valence-corrected chi connectivity index (χ2v) is 8.03. The average molecular weight is 388 g/mol.